The van der Waals surface area contributed by atoms with Crippen LogP contribution in [0.1, 0.15) is 19.3 Å². The molecule has 1 aromatic heterocycles. The molecule has 1 fully saturated rings. The van der Waals surface area contributed by atoms with Crippen molar-refractivity contribution in [2.24, 2.45) is 0 Å². The second-order valence-corrected chi connectivity index (χ2v) is 8.74. The molecule has 146 valence electrons. The molecular weight excluding hydrogens is 368 g/mol. The smallest absolute Gasteiger partial charge is 0.261 e. The third-order valence-corrected chi connectivity index (χ3v) is 6.10. The second-order valence-electron chi connectivity index (χ2n) is 6.76. The van der Waals surface area contributed by atoms with Gasteiger partial charge in [-0.15, -0.1) is 0 Å². The average Bonchev–Trinajstić information content (AvgIpc) is 2.90. The Kier molecular flexibility index (Phi) is 5.91. The van der Waals surface area contributed by atoms with Crippen molar-refractivity contribution in [2.45, 2.75) is 25.8 Å². The summed E-state index contributed by atoms with van der Waals surface area (Å²) >= 11 is 0. The molecule has 0 saturated carbocycles. The van der Waals surface area contributed by atoms with Gasteiger partial charge in [-0.1, -0.05) is 12.1 Å². The number of rotatable bonds is 5. The molecule has 3 rings (SSSR count). The summed E-state index contributed by atoms with van der Waals surface area (Å²) in [6.07, 6.45) is 4.20. The van der Waals surface area contributed by atoms with Crippen LogP contribution in [0.5, 0.6) is 0 Å². The van der Waals surface area contributed by atoms with Gasteiger partial charge in [-0.2, -0.15) is 0 Å². The van der Waals surface area contributed by atoms with Gasteiger partial charge in [0.25, 0.3) is 5.56 Å². The molecule has 0 spiro atoms. The van der Waals surface area contributed by atoms with Crippen LogP contribution in [0.4, 0.5) is 0 Å². The Balaban J connectivity index is 1.55. The Morgan fingerprint density at radius 3 is 2.70 bits per heavy atom. The van der Waals surface area contributed by atoms with Crippen LogP contribution in [0.25, 0.3) is 10.9 Å². The first-order valence-corrected chi connectivity index (χ1v) is 10.9. The van der Waals surface area contributed by atoms with Crippen molar-refractivity contribution in [1.82, 2.24) is 18.8 Å². The third-order valence-electron chi connectivity index (χ3n) is 4.80. The first kappa shape index (κ1) is 19.5. The summed E-state index contributed by atoms with van der Waals surface area (Å²) < 4.78 is 26.3. The maximum atomic E-state index is 12.4. The number of aryl methyl sites for hydroxylation is 1. The topological polar surface area (TPSA) is 92.6 Å². The van der Waals surface area contributed by atoms with Crippen molar-refractivity contribution in [3.05, 3.63) is 40.9 Å². The Hall–Kier alpha value is -2.26. The Morgan fingerprint density at radius 2 is 1.93 bits per heavy atom. The van der Waals surface area contributed by atoms with E-state index in [1.54, 1.807) is 23.1 Å². The highest BCUT2D eigenvalue weighted by Crippen LogP contribution is 2.10. The standard InChI is InChI=1S/C18H24N4O4S/c1-27(25,26)22-11-5-10-20(12-13-22)17(23)8-4-9-21-14-19-16-7-3-2-6-15(16)18(21)24/h2-3,6-7,14H,4-5,8-13H2,1H3. The SMILES string of the molecule is CS(=O)(=O)N1CCCN(C(=O)CCCn2cnc3ccccc3c2=O)CC1. The number of nitrogens with zero attached hydrogens (tertiary/aromatic N) is 4. The maximum Gasteiger partial charge on any atom is 0.261 e. The molecule has 0 radical (unpaired) electrons. The molecule has 1 saturated heterocycles. The Bertz CT molecular complexity index is 986. The summed E-state index contributed by atoms with van der Waals surface area (Å²) in [4.78, 5) is 30.9. The number of hydrogen-bond donors (Lipinski definition) is 0. The monoisotopic (exact) mass is 392 g/mol. The average molecular weight is 392 g/mol. The molecule has 8 nitrogen and oxygen atoms in total. The van der Waals surface area contributed by atoms with Crippen molar-refractivity contribution in [1.29, 1.82) is 0 Å². The molecule has 1 aliphatic heterocycles. The molecule has 0 N–H and O–H groups in total. The lowest BCUT2D eigenvalue weighted by atomic mass is 10.2. The normalized spacial score (nSPS) is 16.4. The van der Waals surface area contributed by atoms with Crippen molar-refractivity contribution in [3.8, 4) is 0 Å². The van der Waals surface area contributed by atoms with Gasteiger partial charge in [0.2, 0.25) is 15.9 Å². The van der Waals surface area contributed by atoms with Gasteiger partial charge in [0.15, 0.2) is 0 Å². The van der Waals surface area contributed by atoms with Gasteiger partial charge in [0.05, 0.1) is 23.5 Å². The van der Waals surface area contributed by atoms with E-state index < -0.39 is 10.0 Å². The molecule has 27 heavy (non-hydrogen) atoms. The quantitative estimate of drug-likeness (QED) is 0.746. The minimum absolute atomic E-state index is 0.00727. The number of sulfonamides is 1. The lowest BCUT2D eigenvalue weighted by Gasteiger charge is -2.21. The Morgan fingerprint density at radius 1 is 1.15 bits per heavy atom. The number of benzene rings is 1. The zero-order valence-electron chi connectivity index (χ0n) is 15.4. The minimum atomic E-state index is -3.22. The molecule has 9 heteroatoms. The number of carbonyl (C=O) groups is 1. The molecule has 0 aliphatic carbocycles. The van der Waals surface area contributed by atoms with Crippen LogP contribution in [0.15, 0.2) is 35.4 Å². The van der Waals surface area contributed by atoms with Gasteiger partial charge in [-0.3, -0.25) is 14.2 Å². The lowest BCUT2D eigenvalue weighted by molar-refractivity contribution is -0.131. The fraction of sp³-hybridized carbons (Fsp3) is 0.500. The number of fused-ring (bicyclic) bond motifs is 1. The van der Waals surface area contributed by atoms with Crippen molar-refractivity contribution in [3.63, 3.8) is 0 Å². The maximum absolute atomic E-state index is 12.4. The van der Waals surface area contributed by atoms with Gasteiger partial charge in [0, 0.05) is 39.1 Å². The molecule has 0 unspecified atom stereocenters. The van der Waals surface area contributed by atoms with Gasteiger partial charge < -0.3 is 4.90 Å². The van der Waals surface area contributed by atoms with Gasteiger partial charge in [-0.25, -0.2) is 17.7 Å². The summed E-state index contributed by atoms with van der Waals surface area (Å²) in [6.45, 7) is 2.16. The third kappa shape index (κ3) is 4.72. The van der Waals surface area contributed by atoms with Crippen LogP contribution in [-0.2, 0) is 21.4 Å². The van der Waals surface area contributed by atoms with E-state index in [1.165, 1.54) is 21.5 Å². The summed E-state index contributed by atoms with van der Waals surface area (Å²) in [5, 5.41) is 0.569. The van der Waals surface area contributed by atoms with Crippen LogP contribution >= 0.6 is 0 Å². The van der Waals surface area contributed by atoms with E-state index in [1.807, 2.05) is 6.07 Å². The molecule has 1 amide bonds. The fourth-order valence-electron chi connectivity index (χ4n) is 3.30. The van der Waals surface area contributed by atoms with Gasteiger partial charge in [-0.05, 0) is 25.0 Å². The van der Waals surface area contributed by atoms with E-state index in [2.05, 4.69) is 4.98 Å². The summed E-state index contributed by atoms with van der Waals surface area (Å²) in [5.41, 5.74) is 0.557. The lowest BCUT2D eigenvalue weighted by Crippen LogP contribution is -2.37. The summed E-state index contributed by atoms with van der Waals surface area (Å²) in [7, 11) is -3.22. The number of hydrogen-bond acceptors (Lipinski definition) is 5. The van der Waals surface area contributed by atoms with Gasteiger partial charge >= 0.3 is 0 Å². The van der Waals surface area contributed by atoms with E-state index >= 15 is 0 Å². The number of amides is 1. The van der Waals surface area contributed by atoms with Crippen LogP contribution in [0.2, 0.25) is 0 Å². The van der Waals surface area contributed by atoms with Crippen molar-refractivity contribution >= 4 is 26.8 Å². The number of aromatic nitrogens is 2. The van der Waals surface area contributed by atoms with Crippen molar-refractivity contribution < 1.29 is 13.2 Å². The summed E-state index contributed by atoms with van der Waals surface area (Å²) in [5.74, 6) is -0.00727. The van der Waals surface area contributed by atoms with E-state index in [0.29, 0.717) is 62.9 Å². The highest BCUT2D eigenvalue weighted by Gasteiger charge is 2.23. The largest absolute Gasteiger partial charge is 0.341 e. The zero-order chi connectivity index (χ0) is 19.4. The van der Waals surface area contributed by atoms with Crippen LogP contribution in [-0.4, -0.2) is 65.5 Å². The Labute approximate surface area is 158 Å². The predicted octanol–water partition coefficient (Wildman–Crippen LogP) is 0.671. The first-order chi connectivity index (χ1) is 12.9. The molecule has 0 atom stereocenters. The summed E-state index contributed by atoms with van der Waals surface area (Å²) in [6, 6.07) is 7.18. The van der Waals surface area contributed by atoms with E-state index in [9.17, 15) is 18.0 Å². The molecule has 2 aromatic rings. The fourth-order valence-corrected chi connectivity index (χ4v) is 4.17. The molecular formula is C18H24N4O4S. The predicted molar refractivity (Wildman–Crippen MR) is 103 cm³/mol. The number of para-hydroxylation sites is 1. The zero-order valence-corrected chi connectivity index (χ0v) is 16.2. The van der Waals surface area contributed by atoms with E-state index in [4.69, 9.17) is 0 Å². The molecule has 1 aliphatic rings. The van der Waals surface area contributed by atoms with E-state index in [0.717, 1.165) is 0 Å². The highest BCUT2D eigenvalue weighted by atomic mass is 32.2. The van der Waals surface area contributed by atoms with Crippen LogP contribution in [0, 0.1) is 0 Å². The van der Waals surface area contributed by atoms with Gasteiger partial charge in [0.1, 0.15) is 0 Å². The van der Waals surface area contributed by atoms with Crippen LogP contribution < -0.4 is 5.56 Å². The molecule has 2 heterocycles. The molecule has 0 bridgehead atoms. The first-order valence-electron chi connectivity index (χ1n) is 9.03. The molecule has 1 aromatic carbocycles. The van der Waals surface area contributed by atoms with Crippen molar-refractivity contribution in [2.75, 3.05) is 32.4 Å². The van der Waals surface area contributed by atoms with Crippen LogP contribution in [0.3, 0.4) is 0 Å². The minimum Gasteiger partial charge on any atom is -0.341 e. The van der Waals surface area contributed by atoms with E-state index in [-0.39, 0.29) is 11.5 Å². The highest BCUT2D eigenvalue weighted by molar-refractivity contribution is 7.88. The second kappa shape index (κ2) is 8.18. The number of carbonyl (C=O) groups excluding carboxylic acids is 1.